The lowest BCUT2D eigenvalue weighted by molar-refractivity contribution is 0.131. The number of imidazole rings is 1. The number of rotatable bonds is 4. The summed E-state index contributed by atoms with van der Waals surface area (Å²) in [5, 5.41) is 11.6. The first kappa shape index (κ1) is 19.8. The Morgan fingerprint density at radius 1 is 0.970 bits per heavy atom. The van der Waals surface area contributed by atoms with Gasteiger partial charge < -0.3 is 9.80 Å². The van der Waals surface area contributed by atoms with Crippen LogP contribution in [0.25, 0.3) is 28.2 Å². The van der Waals surface area contributed by atoms with Crippen molar-refractivity contribution >= 4 is 11.3 Å². The summed E-state index contributed by atoms with van der Waals surface area (Å²) in [7, 11) is 2.18. The number of aromatic nitrogens is 6. The Kier molecular flexibility index (Phi) is 4.97. The Morgan fingerprint density at radius 3 is 2.73 bits per heavy atom. The lowest BCUT2D eigenvalue weighted by Gasteiger charge is -2.42. The summed E-state index contributed by atoms with van der Waals surface area (Å²) < 4.78 is 1.88. The number of nitrogens with one attached hydrogen (secondary N) is 1. The number of nitrogens with zero attached hydrogens (tertiary/aromatic N) is 8. The molecule has 0 saturated carbocycles. The average Bonchev–Trinajstić information content (AvgIpc) is 3.55. The number of allylic oxidation sites excluding steroid dienone is 2. The highest BCUT2D eigenvalue weighted by molar-refractivity contribution is 5.70. The molecule has 1 saturated heterocycles. The molecule has 0 aliphatic carbocycles. The fraction of sp³-hybridized carbons (Fsp3) is 0.250. The zero-order valence-electron chi connectivity index (χ0n) is 18.4. The smallest absolute Gasteiger partial charge is 0.156 e. The predicted octanol–water partition coefficient (Wildman–Crippen LogP) is 2.64. The van der Waals surface area contributed by atoms with Gasteiger partial charge in [0, 0.05) is 62.0 Å². The first-order valence-corrected chi connectivity index (χ1v) is 11.1. The molecule has 1 unspecified atom stereocenters. The van der Waals surface area contributed by atoms with Gasteiger partial charge in [0.1, 0.15) is 6.17 Å². The molecule has 1 fully saturated rings. The van der Waals surface area contributed by atoms with Crippen LogP contribution in [0.4, 0.5) is 5.69 Å². The highest BCUT2D eigenvalue weighted by atomic mass is 15.4. The summed E-state index contributed by atoms with van der Waals surface area (Å²) in [4.78, 5) is 16.3. The van der Waals surface area contributed by atoms with Gasteiger partial charge in [0.25, 0.3) is 0 Å². The van der Waals surface area contributed by atoms with Crippen molar-refractivity contribution in [2.24, 2.45) is 0 Å². The molecular formula is C24H25N9. The van der Waals surface area contributed by atoms with Crippen LogP contribution in [0.5, 0.6) is 0 Å². The van der Waals surface area contributed by atoms with Crippen LogP contribution in [0.1, 0.15) is 0 Å². The molecular weight excluding hydrogens is 414 g/mol. The number of hydrogen-bond acceptors (Lipinski definition) is 7. The topological polar surface area (TPSA) is 81.5 Å². The number of aromatic amines is 1. The van der Waals surface area contributed by atoms with Crippen molar-refractivity contribution in [1.29, 1.82) is 0 Å². The molecule has 0 amide bonds. The molecule has 0 aromatic carbocycles. The number of fused-ring (bicyclic) bond motifs is 1. The lowest BCUT2D eigenvalue weighted by Crippen LogP contribution is -2.53. The van der Waals surface area contributed by atoms with Gasteiger partial charge in [0.2, 0.25) is 0 Å². The quantitative estimate of drug-likeness (QED) is 0.524. The molecule has 0 bridgehead atoms. The van der Waals surface area contributed by atoms with Crippen molar-refractivity contribution in [1.82, 2.24) is 39.6 Å². The maximum absolute atomic E-state index is 4.77. The first-order valence-electron chi connectivity index (χ1n) is 11.1. The predicted molar refractivity (Wildman–Crippen MR) is 127 cm³/mol. The van der Waals surface area contributed by atoms with Crippen molar-refractivity contribution < 1.29 is 0 Å². The van der Waals surface area contributed by atoms with E-state index >= 15 is 0 Å². The molecule has 6 heterocycles. The molecule has 9 heteroatoms. The van der Waals surface area contributed by atoms with Gasteiger partial charge in [-0.15, -0.1) is 0 Å². The van der Waals surface area contributed by atoms with Crippen molar-refractivity contribution in [2.45, 2.75) is 6.17 Å². The van der Waals surface area contributed by atoms with Gasteiger partial charge in [-0.25, -0.2) is 9.50 Å². The van der Waals surface area contributed by atoms with Gasteiger partial charge in [0.15, 0.2) is 5.65 Å². The van der Waals surface area contributed by atoms with Crippen LogP contribution in [0.3, 0.4) is 0 Å². The van der Waals surface area contributed by atoms with E-state index in [1.54, 1.807) is 12.4 Å². The zero-order valence-corrected chi connectivity index (χ0v) is 18.4. The van der Waals surface area contributed by atoms with E-state index in [9.17, 15) is 0 Å². The van der Waals surface area contributed by atoms with E-state index in [0.717, 1.165) is 60.0 Å². The molecule has 4 aromatic heterocycles. The molecule has 2 aliphatic heterocycles. The Balaban J connectivity index is 1.32. The molecule has 9 nitrogen and oxygen atoms in total. The highest BCUT2D eigenvalue weighted by Crippen LogP contribution is 2.28. The van der Waals surface area contributed by atoms with E-state index in [2.05, 4.69) is 72.4 Å². The van der Waals surface area contributed by atoms with E-state index in [1.165, 1.54) is 0 Å². The van der Waals surface area contributed by atoms with Crippen molar-refractivity contribution in [3.05, 3.63) is 73.6 Å². The summed E-state index contributed by atoms with van der Waals surface area (Å²) in [5.74, 6) is 0. The molecule has 33 heavy (non-hydrogen) atoms. The van der Waals surface area contributed by atoms with E-state index in [1.807, 2.05) is 35.2 Å². The second-order valence-electron chi connectivity index (χ2n) is 8.43. The van der Waals surface area contributed by atoms with Gasteiger partial charge >= 0.3 is 0 Å². The van der Waals surface area contributed by atoms with Crippen LogP contribution in [0.2, 0.25) is 0 Å². The van der Waals surface area contributed by atoms with Crippen molar-refractivity contribution in [3.8, 4) is 22.5 Å². The third kappa shape index (κ3) is 3.71. The molecule has 166 valence electrons. The summed E-state index contributed by atoms with van der Waals surface area (Å²) in [6.07, 6.45) is 17.9. The fourth-order valence-electron chi connectivity index (χ4n) is 4.45. The van der Waals surface area contributed by atoms with Crippen LogP contribution in [-0.2, 0) is 0 Å². The Bertz CT molecular complexity index is 1310. The number of hydrogen-bond donors (Lipinski definition) is 1. The van der Waals surface area contributed by atoms with Crippen LogP contribution in [-0.4, -0.2) is 79.0 Å². The molecule has 1 N–H and O–H groups in total. The normalized spacial score (nSPS) is 19.5. The number of H-pyrrole nitrogens is 1. The summed E-state index contributed by atoms with van der Waals surface area (Å²) in [6, 6.07) is 6.11. The second kappa shape index (κ2) is 8.27. The van der Waals surface area contributed by atoms with E-state index in [4.69, 9.17) is 5.10 Å². The molecule has 6 rings (SSSR count). The first-order chi connectivity index (χ1) is 16.3. The minimum atomic E-state index is 0.181. The number of piperazine rings is 1. The fourth-order valence-corrected chi connectivity index (χ4v) is 4.45. The summed E-state index contributed by atoms with van der Waals surface area (Å²) in [5.41, 5.74) is 5.56. The summed E-state index contributed by atoms with van der Waals surface area (Å²) in [6.45, 7) is 4.24. The van der Waals surface area contributed by atoms with E-state index < -0.39 is 0 Å². The van der Waals surface area contributed by atoms with E-state index in [-0.39, 0.29) is 6.17 Å². The van der Waals surface area contributed by atoms with Gasteiger partial charge in [-0.05, 0) is 31.3 Å². The molecule has 0 radical (unpaired) electrons. The maximum Gasteiger partial charge on any atom is 0.156 e. The Hall–Kier alpha value is -3.82. The average molecular weight is 440 g/mol. The number of anilines is 1. The van der Waals surface area contributed by atoms with Crippen molar-refractivity contribution in [3.63, 3.8) is 0 Å². The third-order valence-electron chi connectivity index (χ3n) is 6.33. The minimum absolute atomic E-state index is 0.181. The Morgan fingerprint density at radius 2 is 1.88 bits per heavy atom. The maximum atomic E-state index is 4.77. The minimum Gasteiger partial charge on any atom is -0.327 e. The van der Waals surface area contributed by atoms with Gasteiger partial charge in [0.05, 0.1) is 35.7 Å². The van der Waals surface area contributed by atoms with Gasteiger partial charge in [-0.2, -0.15) is 10.2 Å². The Labute approximate surface area is 191 Å². The van der Waals surface area contributed by atoms with Crippen LogP contribution >= 0.6 is 0 Å². The molecule has 1 atom stereocenters. The van der Waals surface area contributed by atoms with Gasteiger partial charge in [-0.3, -0.25) is 15.0 Å². The van der Waals surface area contributed by atoms with Crippen LogP contribution in [0, 0.1) is 0 Å². The highest BCUT2D eigenvalue weighted by Gasteiger charge is 2.26. The molecule has 4 aromatic rings. The van der Waals surface area contributed by atoms with Gasteiger partial charge in [-0.1, -0.05) is 6.08 Å². The largest absolute Gasteiger partial charge is 0.327 e. The molecule has 0 spiro atoms. The third-order valence-corrected chi connectivity index (χ3v) is 6.33. The molecule has 2 aliphatic rings. The number of likely N-dealkylation sites (N-methyl/N-ethyl adjacent to an activating group) is 1. The zero-order chi connectivity index (χ0) is 22.2. The lowest BCUT2D eigenvalue weighted by atomic mass is 10.1. The van der Waals surface area contributed by atoms with Crippen LogP contribution < -0.4 is 4.90 Å². The standard InChI is InChI=1S/C24H25N9/c1-30-8-10-31(11-9-30)24-4-2-3-7-32(24)20-13-23-26-17-22(33(23)29-16-20)18-5-6-25-21(12-18)19-14-27-28-15-19/h2-7,12-17,24H,8-11H2,1H3,(H,27,28). The van der Waals surface area contributed by atoms with E-state index in [0.29, 0.717) is 0 Å². The monoisotopic (exact) mass is 439 g/mol. The SMILES string of the molecule is CN1CCN(C2C=CC=CN2c2cnn3c(-c4ccnc(-c5cn[nH]c5)c4)cnc3c2)CC1. The summed E-state index contributed by atoms with van der Waals surface area (Å²) >= 11 is 0. The number of pyridine rings is 1. The van der Waals surface area contributed by atoms with Crippen molar-refractivity contribution in [2.75, 3.05) is 38.1 Å². The second-order valence-corrected chi connectivity index (χ2v) is 8.43. The van der Waals surface area contributed by atoms with Crippen LogP contribution in [0.15, 0.2) is 73.6 Å².